The van der Waals surface area contributed by atoms with E-state index < -0.39 is 16.1 Å². The molecule has 0 bridgehead atoms. The third kappa shape index (κ3) is 6.20. The number of sulfonamides is 1. The number of nitrogens with two attached hydrogens (primary N) is 1. The zero-order chi connectivity index (χ0) is 15.0. The normalized spacial score (nSPS) is 13.1. The first-order valence-electron chi connectivity index (χ1n) is 6.05. The summed E-state index contributed by atoms with van der Waals surface area (Å²) < 4.78 is 35.9. The summed E-state index contributed by atoms with van der Waals surface area (Å²) in [5.41, 5.74) is 6.13. The number of methoxy groups -OCH3 is 1. The molecule has 0 aliphatic carbocycles. The van der Waals surface area contributed by atoms with E-state index in [4.69, 9.17) is 20.3 Å². The molecule has 20 heavy (non-hydrogen) atoms. The lowest BCUT2D eigenvalue weighted by molar-refractivity contribution is 0.139. The SMILES string of the molecule is COCC(CO)NS(=O)(=O)CCOc1cccc(N)c1. The van der Waals surface area contributed by atoms with E-state index in [2.05, 4.69) is 4.72 Å². The lowest BCUT2D eigenvalue weighted by Crippen LogP contribution is -2.42. The third-order valence-corrected chi connectivity index (χ3v) is 3.81. The fraction of sp³-hybridized carbons (Fsp3) is 0.500. The lowest BCUT2D eigenvalue weighted by atomic mass is 10.3. The zero-order valence-electron chi connectivity index (χ0n) is 11.3. The molecule has 0 saturated carbocycles. The summed E-state index contributed by atoms with van der Waals surface area (Å²) >= 11 is 0. The van der Waals surface area contributed by atoms with Gasteiger partial charge in [0.25, 0.3) is 0 Å². The Hall–Kier alpha value is -1.35. The Balaban J connectivity index is 2.43. The summed E-state index contributed by atoms with van der Waals surface area (Å²) in [6, 6.07) is 6.08. The highest BCUT2D eigenvalue weighted by Crippen LogP contribution is 2.14. The smallest absolute Gasteiger partial charge is 0.215 e. The van der Waals surface area contributed by atoms with Crippen LogP contribution in [0.3, 0.4) is 0 Å². The van der Waals surface area contributed by atoms with Crippen molar-refractivity contribution in [3.05, 3.63) is 24.3 Å². The molecule has 0 spiro atoms. The van der Waals surface area contributed by atoms with Crippen LogP contribution in [0.15, 0.2) is 24.3 Å². The molecule has 1 aromatic carbocycles. The summed E-state index contributed by atoms with van der Waals surface area (Å²) in [4.78, 5) is 0. The molecule has 0 saturated heterocycles. The molecule has 8 heteroatoms. The molecule has 0 aromatic heterocycles. The summed E-state index contributed by atoms with van der Waals surface area (Å²) in [7, 11) is -2.11. The Morgan fingerprint density at radius 2 is 2.20 bits per heavy atom. The summed E-state index contributed by atoms with van der Waals surface area (Å²) in [6.45, 7) is -0.237. The van der Waals surface area contributed by atoms with Gasteiger partial charge in [-0.25, -0.2) is 13.1 Å². The number of aliphatic hydroxyl groups excluding tert-OH is 1. The summed E-state index contributed by atoms with van der Waals surface area (Å²) in [6.07, 6.45) is 0. The topological polar surface area (TPSA) is 111 Å². The highest BCUT2D eigenvalue weighted by Gasteiger charge is 2.17. The first-order valence-corrected chi connectivity index (χ1v) is 7.70. The van der Waals surface area contributed by atoms with Crippen molar-refractivity contribution in [2.75, 3.05) is 38.4 Å². The van der Waals surface area contributed by atoms with E-state index in [1.165, 1.54) is 7.11 Å². The van der Waals surface area contributed by atoms with Gasteiger partial charge in [-0.3, -0.25) is 0 Å². The van der Waals surface area contributed by atoms with Gasteiger partial charge in [-0.05, 0) is 12.1 Å². The maximum atomic E-state index is 11.7. The maximum absolute atomic E-state index is 11.7. The van der Waals surface area contributed by atoms with Crippen LogP contribution in [0.4, 0.5) is 5.69 Å². The fourth-order valence-electron chi connectivity index (χ4n) is 1.51. The molecule has 0 aliphatic rings. The first-order chi connectivity index (χ1) is 9.46. The van der Waals surface area contributed by atoms with E-state index in [1.807, 2.05) is 0 Å². The van der Waals surface area contributed by atoms with Gasteiger partial charge in [0.05, 0.1) is 25.0 Å². The Kier molecular flexibility index (Phi) is 6.73. The monoisotopic (exact) mass is 304 g/mol. The molecule has 1 unspecified atom stereocenters. The minimum absolute atomic E-state index is 0.0100. The van der Waals surface area contributed by atoms with Crippen LogP contribution in [0.25, 0.3) is 0 Å². The summed E-state index contributed by atoms with van der Waals surface area (Å²) in [5, 5.41) is 9.00. The van der Waals surface area contributed by atoms with Gasteiger partial charge < -0.3 is 20.3 Å². The molecular formula is C12H20N2O5S. The minimum Gasteiger partial charge on any atom is -0.492 e. The van der Waals surface area contributed by atoms with Gasteiger partial charge in [-0.15, -0.1) is 0 Å². The van der Waals surface area contributed by atoms with Gasteiger partial charge >= 0.3 is 0 Å². The maximum Gasteiger partial charge on any atom is 0.215 e. The first kappa shape index (κ1) is 16.7. The Labute approximate surface area is 118 Å². The van der Waals surface area contributed by atoms with Crippen molar-refractivity contribution in [2.24, 2.45) is 0 Å². The molecule has 4 N–H and O–H groups in total. The van der Waals surface area contributed by atoms with Gasteiger partial charge in [0.15, 0.2) is 0 Å². The van der Waals surface area contributed by atoms with Gasteiger partial charge in [0, 0.05) is 18.9 Å². The molecule has 0 amide bonds. The average molecular weight is 304 g/mol. The van der Waals surface area contributed by atoms with Crippen molar-refractivity contribution < 1.29 is 23.0 Å². The van der Waals surface area contributed by atoms with Crippen LogP contribution >= 0.6 is 0 Å². The van der Waals surface area contributed by atoms with Crippen molar-refractivity contribution in [3.8, 4) is 5.75 Å². The molecule has 114 valence electrons. The van der Waals surface area contributed by atoms with Crippen LogP contribution in [-0.2, 0) is 14.8 Å². The Morgan fingerprint density at radius 1 is 1.45 bits per heavy atom. The standard InChI is InChI=1S/C12H20N2O5S/c1-18-9-11(8-15)14-20(16,17)6-5-19-12-4-2-3-10(13)7-12/h2-4,7,11,14-15H,5-6,8-9,13H2,1H3. The Morgan fingerprint density at radius 3 is 2.80 bits per heavy atom. The van der Waals surface area contributed by atoms with Crippen LogP contribution in [0.5, 0.6) is 5.75 Å². The fourth-order valence-corrected chi connectivity index (χ4v) is 2.58. The average Bonchev–Trinajstić information content (AvgIpc) is 2.38. The summed E-state index contributed by atoms with van der Waals surface area (Å²) in [5.74, 6) is 0.290. The molecule has 0 heterocycles. The quantitative estimate of drug-likeness (QED) is 0.534. The molecule has 1 rings (SSSR count). The minimum atomic E-state index is -3.54. The van der Waals surface area contributed by atoms with Crippen molar-refractivity contribution in [1.29, 1.82) is 0 Å². The molecule has 1 atom stereocenters. The molecule has 0 radical (unpaired) electrons. The van der Waals surface area contributed by atoms with Crippen LogP contribution in [0.2, 0.25) is 0 Å². The number of aliphatic hydroxyl groups is 1. The highest BCUT2D eigenvalue weighted by molar-refractivity contribution is 7.89. The van der Waals surface area contributed by atoms with Gasteiger partial charge in [0.1, 0.15) is 12.4 Å². The van der Waals surface area contributed by atoms with E-state index in [0.29, 0.717) is 11.4 Å². The number of hydrogen-bond donors (Lipinski definition) is 3. The predicted octanol–water partition coefficient (Wildman–Crippen LogP) is -0.426. The van der Waals surface area contributed by atoms with Crippen molar-refractivity contribution >= 4 is 15.7 Å². The number of benzene rings is 1. The number of rotatable bonds is 9. The van der Waals surface area contributed by atoms with Crippen LogP contribution in [-0.4, -0.2) is 52.2 Å². The van der Waals surface area contributed by atoms with E-state index in [1.54, 1.807) is 24.3 Å². The second-order valence-corrected chi connectivity index (χ2v) is 6.07. The van der Waals surface area contributed by atoms with Crippen molar-refractivity contribution in [3.63, 3.8) is 0 Å². The van der Waals surface area contributed by atoms with Crippen molar-refractivity contribution in [1.82, 2.24) is 4.72 Å². The third-order valence-electron chi connectivity index (χ3n) is 2.41. The number of nitrogen functional groups attached to an aromatic ring is 1. The van der Waals surface area contributed by atoms with Gasteiger partial charge in [0.2, 0.25) is 10.0 Å². The predicted molar refractivity (Wildman–Crippen MR) is 76.0 cm³/mol. The van der Waals surface area contributed by atoms with E-state index >= 15 is 0 Å². The van der Waals surface area contributed by atoms with Crippen LogP contribution in [0, 0.1) is 0 Å². The molecule has 0 aliphatic heterocycles. The second-order valence-electron chi connectivity index (χ2n) is 4.19. The van der Waals surface area contributed by atoms with Crippen LogP contribution < -0.4 is 15.2 Å². The number of anilines is 1. The zero-order valence-corrected chi connectivity index (χ0v) is 12.1. The van der Waals surface area contributed by atoms with Gasteiger partial charge in [-0.2, -0.15) is 0 Å². The lowest BCUT2D eigenvalue weighted by Gasteiger charge is -2.15. The largest absolute Gasteiger partial charge is 0.492 e. The molecular weight excluding hydrogens is 284 g/mol. The number of hydrogen-bond acceptors (Lipinski definition) is 6. The number of ether oxygens (including phenoxy) is 2. The highest BCUT2D eigenvalue weighted by atomic mass is 32.2. The molecule has 1 aromatic rings. The molecule has 7 nitrogen and oxygen atoms in total. The second kappa shape index (κ2) is 8.05. The van der Waals surface area contributed by atoms with Crippen molar-refractivity contribution in [2.45, 2.75) is 6.04 Å². The van der Waals surface area contributed by atoms with E-state index in [-0.39, 0.29) is 25.6 Å². The van der Waals surface area contributed by atoms with Gasteiger partial charge in [-0.1, -0.05) is 6.07 Å². The molecule has 0 fully saturated rings. The number of nitrogens with one attached hydrogen (secondary N) is 1. The Bertz CT molecular complexity index is 506. The van der Waals surface area contributed by atoms with Crippen LogP contribution in [0.1, 0.15) is 0 Å². The van der Waals surface area contributed by atoms with E-state index in [9.17, 15) is 8.42 Å². The van der Waals surface area contributed by atoms with E-state index in [0.717, 1.165) is 0 Å².